The van der Waals surface area contributed by atoms with E-state index < -0.39 is 0 Å². The van der Waals surface area contributed by atoms with Crippen molar-refractivity contribution < 1.29 is 0 Å². The van der Waals surface area contributed by atoms with Gasteiger partial charge in [-0.1, -0.05) is 27.7 Å². The van der Waals surface area contributed by atoms with Gasteiger partial charge < -0.3 is 5.32 Å². The topological polar surface area (TPSA) is 29.9 Å². The molecule has 19 heavy (non-hydrogen) atoms. The van der Waals surface area contributed by atoms with Gasteiger partial charge in [0.1, 0.15) is 0 Å². The Morgan fingerprint density at radius 1 is 1.37 bits per heavy atom. The predicted octanol–water partition coefficient (Wildman–Crippen LogP) is 3.84. The molecule has 0 amide bonds. The molecule has 1 atom stereocenters. The Morgan fingerprint density at radius 3 is 2.42 bits per heavy atom. The predicted molar refractivity (Wildman–Crippen MR) is 85.5 cm³/mol. The highest BCUT2D eigenvalue weighted by molar-refractivity contribution is 9.10. The molecule has 1 N–H and O–H groups in total. The van der Waals surface area contributed by atoms with Gasteiger partial charge in [0.25, 0.3) is 0 Å². The van der Waals surface area contributed by atoms with Crippen LogP contribution in [0.15, 0.2) is 4.47 Å². The third-order valence-corrected chi connectivity index (χ3v) is 4.65. The average Bonchev–Trinajstić information content (AvgIpc) is 2.53. The number of rotatable bonds is 6. The molecule has 0 spiro atoms. The second kappa shape index (κ2) is 6.89. The van der Waals surface area contributed by atoms with E-state index in [0.29, 0.717) is 6.04 Å². The highest BCUT2D eigenvalue weighted by Crippen LogP contribution is 2.26. The van der Waals surface area contributed by atoms with Crippen LogP contribution in [0.1, 0.15) is 51.9 Å². The maximum absolute atomic E-state index is 4.46. The van der Waals surface area contributed by atoms with Gasteiger partial charge in [-0.15, -0.1) is 0 Å². The van der Waals surface area contributed by atoms with E-state index in [0.717, 1.165) is 29.6 Å². The fourth-order valence-electron chi connectivity index (χ4n) is 2.39. The molecule has 110 valence electrons. The molecule has 3 nitrogen and oxygen atoms in total. The number of aromatic nitrogens is 2. The summed E-state index contributed by atoms with van der Waals surface area (Å²) in [6.45, 7) is 12.3. The Bertz CT molecular complexity index is 404. The Hall–Kier alpha value is -0.350. The van der Waals surface area contributed by atoms with Crippen LogP contribution >= 0.6 is 15.9 Å². The fourth-order valence-corrected chi connectivity index (χ4v) is 2.93. The van der Waals surface area contributed by atoms with Gasteiger partial charge in [0.05, 0.1) is 15.9 Å². The SMILES string of the molecule is CCCNC(CCc1c(Br)c(C)nn1C)C(C)(C)C. The summed E-state index contributed by atoms with van der Waals surface area (Å²) >= 11 is 3.65. The zero-order valence-electron chi connectivity index (χ0n) is 13.2. The van der Waals surface area contributed by atoms with Crippen LogP contribution in [-0.2, 0) is 13.5 Å². The molecule has 1 heterocycles. The van der Waals surface area contributed by atoms with Gasteiger partial charge in [0, 0.05) is 13.1 Å². The Kier molecular flexibility index (Phi) is 6.06. The van der Waals surface area contributed by atoms with Gasteiger partial charge in [-0.2, -0.15) is 5.10 Å². The summed E-state index contributed by atoms with van der Waals surface area (Å²) in [6.07, 6.45) is 3.37. The van der Waals surface area contributed by atoms with Crippen molar-refractivity contribution in [3.05, 3.63) is 15.9 Å². The summed E-state index contributed by atoms with van der Waals surface area (Å²) in [4.78, 5) is 0. The van der Waals surface area contributed by atoms with Crippen LogP contribution in [0, 0.1) is 12.3 Å². The molecule has 0 fully saturated rings. The lowest BCUT2D eigenvalue weighted by Crippen LogP contribution is -2.41. The second-order valence-electron chi connectivity index (χ2n) is 6.38. The highest BCUT2D eigenvalue weighted by Gasteiger charge is 2.24. The molecule has 1 aromatic rings. The number of nitrogens with zero attached hydrogens (tertiary/aromatic N) is 2. The highest BCUT2D eigenvalue weighted by atomic mass is 79.9. The van der Waals surface area contributed by atoms with Crippen molar-refractivity contribution in [2.24, 2.45) is 12.5 Å². The second-order valence-corrected chi connectivity index (χ2v) is 7.17. The van der Waals surface area contributed by atoms with Gasteiger partial charge in [-0.25, -0.2) is 0 Å². The van der Waals surface area contributed by atoms with E-state index in [1.807, 2.05) is 18.7 Å². The Labute approximate surface area is 126 Å². The smallest absolute Gasteiger partial charge is 0.0738 e. The number of halogens is 1. The quantitative estimate of drug-likeness (QED) is 0.859. The lowest BCUT2D eigenvalue weighted by Gasteiger charge is -2.32. The van der Waals surface area contributed by atoms with Crippen molar-refractivity contribution in [3.8, 4) is 0 Å². The monoisotopic (exact) mass is 329 g/mol. The summed E-state index contributed by atoms with van der Waals surface area (Å²) in [5.41, 5.74) is 2.66. The molecule has 1 unspecified atom stereocenters. The molecule has 1 rings (SSSR count). The van der Waals surface area contributed by atoms with Crippen LogP contribution in [-0.4, -0.2) is 22.4 Å². The van der Waals surface area contributed by atoms with E-state index in [1.165, 1.54) is 12.1 Å². The zero-order chi connectivity index (χ0) is 14.6. The standard InChI is InChI=1S/C15H28BrN3/c1-7-10-17-13(15(3,4)5)9-8-12-14(16)11(2)18-19(12)6/h13,17H,7-10H2,1-6H3. The van der Waals surface area contributed by atoms with Gasteiger partial charge in [-0.05, 0) is 54.1 Å². The largest absolute Gasteiger partial charge is 0.313 e. The number of hydrogen-bond donors (Lipinski definition) is 1. The first-order chi connectivity index (χ1) is 8.77. The first kappa shape index (κ1) is 16.7. The summed E-state index contributed by atoms with van der Waals surface area (Å²) in [5.74, 6) is 0. The number of hydrogen-bond acceptors (Lipinski definition) is 2. The molecule has 0 radical (unpaired) electrons. The van der Waals surface area contributed by atoms with Gasteiger partial charge in [0.2, 0.25) is 0 Å². The van der Waals surface area contributed by atoms with Crippen LogP contribution in [0.3, 0.4) is 0 Å². The minimum atomic E-state index is 0.287. The van der Waals surface area contributed by atoms with E-state index in [9.17, 15) is 0 Å². The minimum Gasteiger partial charge on any atom is -0.313 e. The van der Waals surface area contributed by atoms with E-state index in [-0.39, 0.29) is 5.41 Å². The van der Waals surface area contributed by atoms with Crippen molar-refractivity contribution >= 4 is 15.9 Å². The van der Waals surface area contributed by atoms with Crippen LogP contribution in [0.4, 0.5) is 0 Å². The van der Waals surface area contributed by atoms with Crippen LogP contribution in [0.2, 0.25) is 0 Å². The fraction of sp³-hybridized carbons (Fsp3) is 0.800. The van der Waals surface area contributed by atoms with Gasteiger partial charge in [0.15, 0.2) is 0 Å². The summed E-state index contributed by atoms with van der Waals surface area (Å²) in [5, 5.41) is 8.14. The van der Waals surface area contributed by atoms with Crippen molar-refractivity contribution in [2.75, 3.05) is 6.54 Å². The summed E-state index contributed by atoms with van der Waals surface area (Å²) in [7, 11) is 2.03. The third kappa shape index (κ3) is 4.60. The molecule has 0 aliphatic rings. The van der Waals surface area contributed by atoms with Crippen LogP contribution in [0.25, 0.3) is 0 Å². The average molecular weight is 330 g/mol. The molecule has 0 saturated carbocycles. The minimum absolute atomic E-state index is 0.287. The van der Waals surface area contributed by atoms with E-state index in [1.54, 1.807) is 0 Å². The Morgan fingerprint density at radius 2 is 2.00 bits per heavy atom. The summed E-state index contributed by atoms with van der Waals surface area (Å²) in [6, 6.07) is 0.537. The van der Waals surface area contributed by atoms with Crippen LogP contribution in [0.5, 0.6) is 0 Å². The van der Waals surface area contributed by atoms with Gasteiger partial charge in [-0.3, -0.25) is 4.68 Å². The molecule has 0 bridgehead atoms. The van der Waals surface area contributed by atoms with Crippen LogP contribution < -0.4 is 5.32 Å². The van der Waals surface area contributed by atoms with E-state index >= 15 is 0 Å². The zero-order valence-corrected chi connectivity index (χ0v) is 14.8. The maximum Gasteiger partial charge on any atom is 0.0738 e. The number of aryl methyl sites for hydroxylation is 2. The molecule has 0 saturated heterocycles. The van der Waals surface area contributed by atoms with E-state index in [4.69, 9.17) is 0 Å². The Balaban J connectivity index is 2.70. The molecular formula is C15H28BrN3. The van der Waals surface area contributed by atoms with E-state index in [2.05, 4.69) is 54.0 Å². The van der Waals surface area contributed by atoms with Gasteiger partial charge >= 0.3 is 0 Å². The van der Waals surface area contributed by atoms with Crippen molar-refractivity contribution in [3.63, 3.8) is 0 Å². The molecule has 0 aromatic carbocycles. The molecule has 1 aromatic heterocycles. The molecule has 0 aliphatic carbocycles. The first-order valence-corrected chi connectivity index (χ1v) is 7.98. The summed E-state index contributed by atoms with van der Waals surface area (Å²) < 4.78 is 3.16. The van der Waals surface area contributed by atoms with Crippen molar-refractivity contribution in [2.45, 2.75) is 59.9 Å². The lowest BCUT2D eigenvalue weighted by atomic mass is 9.83. The first-order valence-electron chi connectivity index (χ1n) is 7.18. The van der Waals surface area contributed by atoms with Crippen molar-refractivity contribution in [1.29, 1.82) is 0 Å². The number of nitrogens with one attached hydrogen (secondary N) is 1. The van der Waals surface area contributed by atoms with Crippen molar-refractivity contribution in [1.82, 2.24) is 15.1 Å². The lowest BCUT2D eigenvalue weighted by molar-refractivity contribution is 0.254. The molecular weight excluding hydrogens is 302 g/mol. The molecule has 4 heteroatoms. The maximum atomic E-state index is 4.46. The normalized spacial score (nSPS) is 13.8. The third-order valence-electron chi connectivity index (χ3n) is 3.62. The molecule has 0 aliphatic heterocycles.